The molecule has 1 fully saturated rings. The van der Waals surface area contributed by atoms with Gasteiger partial charge in [-0.3, -0.25) is 9.59 Å². The van der Waals surface area contributed by atoms with Gasteiger partial charge in [-0.05, 0) is 57.3 Å². The lowest BCUT2D eigenvalue weighted by Gasteiger charge is -2.34. The third kappa shape index (κ3) is 6.24. The van der Waals surface area contributed by atoms with Gasteiger partial charge >= 0.3 is 0 Å². The van der Waals surface area contributed by atoms with Crippen LogP contribution in [0.2, 0.25) is 0 Å². The Hall–Kier alpha value is -2.51. The third-order valence-corrected chi connectivity index (χ3v) is 6.01. The molecule has 2 amide bonds. The van der Waals surface area contributed by atoms with Gasteiger partial charge in [-0.1, -0.05) is 12.1 Å². The van der Waals surface area contributed by atoms with Gasteiger partial charge in [0.15, 0.2) is 0 Å². The van der Waals surface area contributed by atoms with E-state index in [1.54, 1.807) is 6.07 Å². The summed E-state index contributed by atoms with van der Waals surface area (Å²) >= 11 is 1.37. The lowest BCUT2D eigenvalue weighted by Crippen LogP contribution is -2.44. The molecule has 1 aliphatic rings. The van der Waals surface area contributed by atoms with Gasteiger partial charge in [0.2, 0.25) is 5.91 Å². The third-order valence-electron chi connectivity index (χ3n) is 4.93. The van der Waals surface area contributed by atoms with Gasteiger partial charge in [0.1, 0.15) is 0 Å². The van der Waals surface area contributed by atoms with E-state index in [1.165, 1.54) is 17.4 Å². The number of likely N-dealkylation sites (N-methyl/N-ethyl adjacent to an activating group) is 1. The summed E-state index contributed by atoms with van der Waals surface area (Å²) in [7, 11) is 2.14. The zero-order valence-corrected chi connectivity index (χ0v) is 18.7. The molecule has 0 unspecified atom stereocenters. The molecule has 2 aromatic rings. The number of hydrogen-bond acceptors (Lipinski definition) is 5. The minimum atomic E-state index is -0.172. The van der Waals surface area contributed by atoms with E-state index in [2.05, 4.69) is 39.6 Å². The Morgan fingerprint density at radius 1 is 1.00 bits per heavy atom. The van der Waals surface area contributed by atoms with Crippen LogP contribution < -0.4 is 15.5 Å². The van der Waals surface area contributed by atoms with Gasteiger partial charge in [-0.25, -0.2) is 0 Å². The number of nitrogens with one attached hydrogen (secondary N) is 2. The Labute approximate surface area is 183 Å². The molecule has 0 spiro atoms. The molecule has 1 aliphatic heterocycles. The molecule has 6 nitrogen and oxygen atoms in total. The summed E-state index contributed by atoms with van der Waals surface area (Å²) in [6, 6.07) is 15.5. The Bertz CT molecular complexity index is 862. The molecule has 3 rings (SSSR count). The molecule has 2 aromatic carbocycles. The highest BCUT2D eigenvalue weighted by atomic mass is 32.2. The number of hydrogen-bond donors (Lipinski definition) is 2. The highest BCUT2D eigenvalue weighted by Gasteiger charge is 2.16. The predicted octanol–water partition coefficient (Wildman–Crippen LogP) is 3.31. The molecule has 0 aromatic heterocycles. The van der Waals surface area contributed by atoms with Crippen molar-refractivity contribution in [1.82, 2.24) is 10.2 Å². The van der Waals surface area contributed by atoms with Crippen LogP contribution in [0.4, 0.5) is 11.4 Å². The average molecular weight is 427 g/mol. The fourth-order valence-electron chi connectivity index (χ4n) is 3.31. The Morgan fingerprint density at radius 3 is 2.33 bits per heavy atom. The highest BCUT2D eigenvalue weighted by Crippen LogP contribution is 2.24. The number of anilines is 2. The molecule has 2 N–H and O–H groups in total. The van der Waals surface area contributed by atoms with E-state index in [1.807, 2.05) is 44.2 Å². The molecule has 1 heterocycles. The van der Waals surface area contributed by atoms with Crippen molar-refractivity contribution in [2.75, 3.05) is 49.2 Å². The van der Waals surface area contributed by atoms with E-state index in [0.29, 0.717) is 5.56 Å². The monoisotopic (exact) mass is 426 g/mol. The SMILES string of the molecule is CC(C)NC(=O)CSc1ccccc1C(=O)Nc1ccc(N2CCN(C)CC2)cc1. The van der Waals surface area contributed by atoms with Crippen LogP contribution >= 0.6 is 11.8 Å². The Kier molecular flexibility index (Phi) is 7.76. The second-order valence-corrected chi connectivity index (χ2v) is 8.82. The first-order chi connectivity index (χ1) is 14.4. The molecule has 0 aliphatic carbocycles. The second-order valence-electron chi connectivity index (χ2n) is 7.80. The zero-order valence-electron chi connectivity index (χ0n) is 17.9. The summed E-state index contributed by atoms with van der Waals surface area (Å²) < 4.78 is 0. The van der Waals surface area contributed by atoms with E-state index >= 15 is 0 Å². The van der Waals surface area contributed by atoms with Gasteiger partial charge < -0.3 is 20.4 Å². The molecular formula is C23H30N4O2S. The van der Waals surface area contributed by atoms with Gasteiger partial charge in [-0.2, -0.15) is 0 Å². The molecule has 0 atom stereocenters. The van der Waals surface area contributed by atoms with E-state index in [9.17, 15) is 9.59 Å². The topological polar surface area (TPSA) is 64.7 Å². The average Bonchev–Trinajstić information content (AvgIpc) is 2.73. The molecular weight excluding hydrogens is 396 g/mol. The molecule has 30 heavy (non-hydrogen) atoms. The first-order valence-electron chi connectivity index (χ1n) is 10.3. The van der Waals surface area contributed by atoms with E-state index in [-0.39, 0.29) is 23.6 Å². The molecule has 7 heteroatoms. The maximum absolute atomic E-state index is 12.8. The fourth-order valence-corrected chi connectivity index (χ4v) is 4.17. The number of amides is 2. The largest absolute Gasteiger partial charge is 0.369 e. The number of rotatable bonds is 7. The van der Waals surface area contributed by atoms with Crippen LogP contribution in [0.5, 0.6) is 0 Å². The van der Waals surface area contributed by atoms with Gasteiger partial charge in [0.05, 0.1) is 11.3 Å². The number of benzene rings is 2. The van der Waals surface area contributed by atoms with Crippen molar-refractivity contribution >= 4 is 35.0 Å². The van der Waals surface area contributed by atoms with Crippen LogP contribution in [0.1, 0.15) is 24.2 Å². The van der Waals surface area contributed by atoms with Crippen LogP contribution in [0, 0.1) is 0 Å². The predicted molar refractivity (Wildman–Crippen MR) is 125 cm³/mol. The minimum absolute atomic E-state index is 0.0373. The standard InChI is InChI=1S/C23H30N4O2S/c1-17(2)24-22(28)16-30-21-7-5-4-6-20(21)23(29)25-18-8-10-19(11-9-18)27-14-12-26(3)13-15-27/h4-11,17H,12-16H2,1-3H3,(H,24,28)(H,25,29). The summed E-state index contributed by atoms with van der Waals surface area (Å²) in [4.78, 5) is 30.3. The van der Waals surface area contributed by atoms with Crippen molar-refractivity contribution in [1.29, 1.82) is 0 Å². The molecule has 0 bridgehead atoms. The van der Waals surface area contributed by atoms with Gasteiger partial charge in [0.25, 0.3) is 5.91 Å². The first-order valence-corrected chi connectivity index (χ1v) is 11.3. The summed E-state index contributed by atoms with van der Waals surface area (Å²) in [5.74, 6) is 0.0711. The van der Waals surface area contributed by atoms with Crippen molar-refractivity contribution < 1.29 is 9.59 Å². The lowest BCUT2D eigenvalue weighted by molar-refractivity contribution is -0.119. The summed E-state index contributed by atoms with van der Waals surface area (Å²) in [6.45, 7) is 8.00. The Morgan fingerprint density at radius 2 is 1.67 bits per heavy atom. The maximum atomic E-state index is 12.8. The maximum Gasteiger partial charge on any atom is 0.256 e. The smallest absolute Gasteiger partial charge is 0.256 e. The van der Waals surface area contributed by atoms with Crippen LogP contribution in [0.25, 0.3) is 0 Å². The normalized spacial score (nSPS) is 14.6. The molecule has 0 saturated carbocycles. The number of piperazine rings is 1. The fraction of sp³-hybridized carbons (Fsp3) is 0.391. The summed E-state index contributed by atoms with van der Waals surface area (Å²) in [5, 5.41) is 5.85. The zero-order chi connectivity index (χ0) is 21.5. The van der Waals surface area contributed by atoms with E-state index in [0.717, 1.165) is 36.8 Å². The van der Waals surface area contributed by atoms with Crippen molar-refractivity contribution in [3.05, 3.63) is 54.1 Å². The number of nitrogens with zero attached hydrogens (tertiary/aromatic N) is 2. The summed E-state index contributed by atoms with van der Waals surface area (Å²) in [6.07, 6.45) is 0. The van der Waals surface area contributed by atoms with Crippen LogP contribution in [0.15, 0.2) is 53.4 Å². The van der Waals surface area contributed by atoms with Crippen LogP contribution in [0.3, 0.4) is 0 Å². The van der Waals surface area contributed by atoms with E-state index < -0.39 is 0 Å². The van der Waals surface area contributed by atoms with E-state index in [4.69, 9.17) is 0 Å². The number of carbonyl (C=O) groups is 2. The van der Waals surface area contributed by atoms with Gasteiger partial charge in [0, 0.05) is 48.5 Å². The number of thioether (sulfide) groups is 1. The molecule has 0 radical (unpaired) electrons. The van der Waals surface area contributed by atoms with Crippen molar-refractivity contribution in [2.24, 2.45) is 0 Å². The molecule has 1 saturated heterocycles. The first kappa shape index (κ1) is 22.2. The Balaban J connectivity index is 1.61. The lowest BCUT2D eigenvalue weighted by atomic mass is 10.2. The van der Waals surface area contributed by atoms with Crippen molar-refractivity contribution in [3.8, 4) is 0 Å². The van der Waals surface area contributed by atoms with Crippen LogP contribution in [-0.2, 0) is 4.79 Å². The number of carbonyl (C=O) groups excluding carboxylic acids is 2. The van der Waals surface area contributed by atoms with Gasteiger partial charge in [-0.15, -0.1) is 11.8 Å². The quantitative estimate of drug-likeness (QED) is 0.665. The molecule has 160 valence electrons. The highest BCUT2D eigenvalue weighted by molar-refractivity contribution is 8.00. The summed E-state index contributed by atoms with van der Waals surface area (Å²) in [5.41, 5.74) is 2.51. The minimum Gasteiger partial charge on any atom is -0.369 e. The second kappa shape index (κ2) is 10.5. The van der Waals surface area contributed by atoms with Crippen molar-refractivity contribution in [3.63, 3.8) is 0 Å². The van der Waals surface area contributed by atoms with Crippen molar-refractivity contribution in [2.45, 2.75) is 24.8 Å². The van der Waals surface area contributed by atoms with Crippen LogP contribution in [-0.4, -0.2) is 61.7 Å².